The average molecular weight is 270 g/mol. The summed E-state index contributed by atoms with van der Waals surface area (Å²) in [6.45, 7) is 4.23. The van der Waals surface area contributed by atoms with E-state index in [-0.39, 0.29) is 0 Å². The standard InChI is InChI=1S/C16H22N4/c1-12-6-5-9-14(12)10-17-11-15-16(19-20-18-15)13-7-3-2-4-8-13/h2-4,7-8,12,14,17H,5-6,9-11H2,1H3,(H,18,19,20). The first-order chi connectivity index (χ1) is 9.84. The Balaban J connectivity index is 1.60. The molecule has 0 spiro atoms. The second-order valence-electron chi connectivity index (χ2n) is 5.78. The topological polar surface area (TPSA) is 53.6 Å². The summed E-state index contributed by atoms with van der Waals surface area (Å²) in [5, 5.41) is 14.8. The molecule has 1 aromatic heterocycles. The van der Waals surface area contributed by atoms with Gasteiger partial charge in [-0.25, -0.2) is 0 Å². The van der Waals surface area contributed by atoms with Gasteiger partial charge in [0.2, 0.25) is 0 Å². The molecule has 2 unspecified atom stereocenters. The van der Waals surface area contributed by atoms with Crippen LogP contribution in [0, 0.1) is 11.8 Å². The summed E-state index contributed by atoms with van der Waals surface area (Å²) in [6.07, 6.45) is 4.12. The molecular formula is C16H22N4. The molecule has 0 saturated heterocycles. The Bertz CT molecular complexity index is 534. The molecule has 2 aromatic rings. The van der Waals surface area contributed by atoms with Crippen LogP contribution < -0.4 is 5.32 Å². The molecule has 1 aliphatic rings. The van der Waals surface area contributed by atoms with Crippen molar-refractivity contribution in [2.75, 3.05) is 6.54 Å². The summed E-state index contributed by atoms with van der Waals surface area (Å²) in [5.74, 6) is 1.68. The van der Waals surface area contributed by atoms with Crippen molar-refractivity contribution < 1.29 is 0 Å². The van der Waals surface area contributed by atoms with Gasteiger partial charge in [-0.3, -0.25) is 0 Å². The largest absolute Gasteiger partial charge is 0.311 e. The Morgan fingerprint density at radius 2 is 2.05 bits per heavy atom. The molecule has 3 rings (SSSR count). The highest BCUT2D eigenvalue weighted by Crippen LogP contribution is 2.30. The molecule has 1 heterocycles. The van der Waals surface area contributed by atoms with E-state index in [4.69, 9.17) is 0 Å². The number of benzene rings is 1. The molecule has 0 radical (unpaired) electrons. The number of nitrogens with one attached hydrogen (secondary N) is 2. The fourth-order valence-corrected chi connectivity index (χ4v) is 3.10. The molecule has 0 amide bonds. The fourth-order valence-electron chi connectivity index (χ4n) is 3.10. The third kappa shape index (κ3) is 2.90. The van der Waals surface area contributed by atoms with Crippen molar-refractivity contribution in [3.05, 3.63) is 36.0 Å². The van der Waals surface area contributed by atoms with Crippen LogP contribution in [0.2, 0.25) is 0 Å². The van der Waals surface area contributed by atoms with E-state index in [2.05, 4.69) is 39.8 Å². The molecule has 4 nitrogen and oxygen atoms in total. The van der Waals surface area contributed by atoms with Gasteiger partial charge in [-0.05, 0) is 24.8 Å². The maximum Gasteiger partial charge on any atom is 0.117 e. The van der Waals surface area contributed by atoms with Crippen molar-refractivity contribution in [1.82, 2.24) is 20.7 Å². The Hall–Kier alpha value is -1.68. The molecule has 4 heteroatoms. The minimum Gasteiger partial charge on any atom is -0.311 e. The van der Waals surface area contributed by atoms with E-state index in [9.17, 15) is 0 Å². The summed E-state index contributed by atoms with van der Waals surface area (Å²) in [4.78, 5) is 0. The third-order valence-corrected chi connectivity index (χ3v) is 4.41. The van der Waals surface area contributed by atoms with Gasteiger partial charge >= 0.3 is 0 Å². The number of aromatic nitrogens is 3. The zero-order valence-corrected chi connectivity index (χ0v) is 12.0. The monoisotopic (exact) mass is 270 g/mol. The van der Waals surface area contributed by atoms with E-state index in [1.54, 1.807) is 0 Å². The maximum absolute atomic E-state index is 4.28. The van der Waals surface area contributed by atoms with Gasteiger partial charge in [-0.15, -0.1) is 0 Å². The molecule has 1 aliphatic carbocycles. The van der Waals surface area contributed by atoms with E-state index in [1.807, 2.05) is 18.2 Å². The van der Waals surface area contributed by atoms with Crippen molar-refractivity contribution in [3.8, 4) is 11.3 Å². The number of H-pyrrole nitrogens is 1. The van der Waals surface area contributed by atoms with Crippen LogP contribution in [0.15, 0.2) is 30.3 Å². The Morgan fingerprint density at radius 3 is 2.80 bits per heavy atom. The highest BCUT2D eigenvalue weighted by atomic mass is 15.3. The van der Waals surface area contributed by atoms with Gasteiger partial charge in [0, 0.05) is 12.1 Å². The van der Waals surface area contributed by atoms with Crippen molar-refractivity contribution in [1.29, 1.82) is 0 Å². The van der Waals surface area contributed by atoms with E-state index < -0.39 is 0 Å². The smallest absolute Gasteiger partial charge is 0.117 e. The summed E-state index contributed by atoms with van der Waals surface area (Å²) in [6, 6.07) is 10.2. The first kappa shape index (κ1) is 13.3. The van der Waals surface area contributed by atoms with Gasteiger partial charge in [-0.2, -0.15) is 15.4 Å². The molecule has 1 fully saturated rings. The fraction of sp³-hybridized carbons (Fsp3) is 0.500. The minimum absolute atomic E-state index is 0.782. The van der Waals surface area contributed by atoms with Crippen LogP contribution in [0.5, 0.6) is 0 Å². The summed E-state index contributed by atoms with van der Waals surface area (Å²) >= 11 is 0. The van der Waals surface area contributed by atoms with Crippen LogP contribution in [0.3, 0.4) is 0 Å². The van der Waals surface area contributed by atoms with Gasteiger partial charge in [0.25, 0.3) is 0 Å². The quantitative estimate of drug-likeness (QED) is 0.878. The lowest BCUT2D eigenvalue weighted by atomic mass is 9.98. The highest BCUT2D eigenvalue weighted by molar-refractivity contribution is 5.60. The normalized spacial score (nSPS) is 22.2. The molecule has 1 saturated carbocycles. The molecule has 106 valence electrons. The van der Waals surface area contributed by atoms with Crippen molar-refractivity contribution in [3.63, 3.8) is 0 Å². The van der Waals surface area contributed by atoms with Crippen molar-refractivity contribution in [2.24, 2.45) is 11.8 Å². The molecule has 0 aliphatic heterocycles. The van der Waals surface area contributed by atoms with Crippen LogP contribution in [0.4, 0.5) is 0 Å². The van der Waals surface area contributed by atoms with Crippen molar-refractivity contribution >= 4 is 0 Å². The Labute approximate surface area is 120 Å². The van der Waals surface area contributed by atoms with Gasteiger partial charge in [-0.1, -0.05) is 50.1 Å². The van der Waals surface area contributed by atoms with Crippen molar-refractivity contribution in [2.45, 2.75) is 32.7 Å². The Kier molecular flexibility index (Phi) is 4.11. The number of rotatable bonds is 5. The number of hydrogen-bond acceptors (Lipinski definition) is 3. The lowest BCUT2D eigenvalue weighted by Crippen LogP contribution is -2.24. The van der Waals surface area contributed by atoms with Gasteiger partial charge in [0.05, 0.1) is 0 Å². The summed E-state index contributed by atoms with van der Waals surface area (Å²) < 4.78 is 0. The molecule has 2 atom stereocenters. The first-order valence-electron chi connectivity index (χ1n) is 7.50. The maximum atomic E-state index is 4.28. The number of nitrogens with zero attached hydrogens (tertiary/aromatic N) is 2. The van der Waals surface area contributed by atoms with Crippen LogP contribution in [0.25, 0.3) is 11.3 Å². The van der Waals surface area contributed by atoms with Crippen LogP contribution >= 0.6 is 0 Å². The molecule has 2 N–H and O–H groups in total. The third-order valence-electron chi connectivity index (χ3n) is 4.41. The van der Waals surface area contributed by atoms with Crippen LogP contribution in [0.1, 0.15) is 31.9 Å². The predicted molar refractivity (Wildman–Crippen MR) is 80.0 cm³/mol. The first-order valence-corrected chi connectivity index (χ1v) is 7.50. The second-order valence-corrected chi connectivity index (χ2v) is 5.78. The Morgan fingerprint density at radius 1 is 1.20 bits per heavy atom. The molecule has 0 bridgehead atoms. The number of hydrogen-bond donors (Lipinski definition) is 2. The van der Waals surface area contributed by atoms with Crippen LogP contribution in [-0.2, 0) is 6.54 Å². The predicted octanol–water partition coefficient (Wildman–Crippen LogP) is 3.00. The van der Waals surface area contributed by atoms with E-state index in [0.717, 1.165) is 41.9 Å². The minimum atomic E-state index is 0.782. The van der Waals surface area contributed by atoms with E-state index in [0.29, 0.717) is 0 Å². The molecular weight excluding hydrogens is 248 g/mol. The SMILES string of the molecule is CC1CCCC1CNCc1n[nH]nc1-c1ccccc1. The van der Waals surface area contributed by atoms with Gasteiger partial charge < -0.3 is 5.32 Å². The molecule has 1 aromatic carbocycles. The van der Waals surface area contributed by atoms with Gasteiger partial charge in [0.1, 0.15) is 11.4 Å². The molecule has 20 heavy (non-hydrogen) atoms. The van der Waals surface area contributed by atoms with Crippen LogP contribution in [-0.4, -0.2) is 22.0 Å². The lowest BCUT2D eigenvalue weighted by Gasteiger charge is -2.15. The zero-order valence-electron chi connectivity index (χ0n) is 12.0. The van der Waals surface area contributed by atoms with E-state index in [1.165, 1.54) is 19.3 Å². The zero-order chi connectivity index (χ0) is 13.8. The lowest BCUT2D eigenvalue weighted by molar-refractivity contribution is 0.391. The number of aromatic amines is 1. The summed E-state index contributed by atoms with van der Waals surface area (Å²) in [7, 11) is 0. The second kappa shape index (κ2) is 6.18. The van der Waals surface area contributed by atoms with Gasteiger partial charge in [0.15, 0.2) is 0 Å². The summed E-state index contributed by atoms with van der Waals surface area (Å²) in [5.41, 5.74) is 3.08. The van der Waals surface area contributed by atoms with E-state index >= 15 is 0 Å². The highest BCUT2D eigenvalue weighted by Gasteiger charge is 2.22. The average Bonchev–Trinajstić information content (AvgIpc) is 3.10.